The molecule has 1 atom stereocenters. The second kappa shape index (κ2) is 9.04. The summed E-state index contributed by atoms with van der Waals surface area (Å²) in [4.78, 5) is 25.4. The number of rotatable bonds is 5. The number of halogens is 1. The van der Waals surface area contributed by atoms with E-state index in [1.54, 1.807) is 11.8 Å². The molecule has 6 nitrogen and oxygen atoms in total. The van der Waals surface area contributed by atoms with Crippen LogP contribution >= 0.6 is 23.4 Å². The largest absolute Gasteiger partial charge is 0.381 e. The van der Waals surface area contributed by atoms with Crippen LogP contribution in [-0.4, -0.2) is 76.8 Å². The molecular weight excluding hydrogens is 430 g/mol. The van der Waals surface area contributed by atoms with Crippen molar-refractivity contribution in [3.8, 4) is 0 Å². The molecule has 3 aliphatic rings. The molecule has 1 aliphatic carbocycles. The number of aromatic nitrogens is 1. The van der Waals surface area contributed by atoms with Crippen molar-refractivity contribution >= 4 is 50.9 Å². The zero-order valence-corrected chi connectivity index (χ0v) is 19.6. The number of H-pyrrole nitrogens is 1. The molecule has 31 heavy (non-hydrogen) atoms. The molecular formula is C23H30ClN5OS. The number of benzene rings is 1. The molecule has 8 heteroatoms. The van der Waals surface area contributed by atoms with Crippen LogP contribution in [0.25, 0.3) is 10.9 Å². The number of nitrogens with one attached hydrogen (secondary N) is 2. The van der Waals surface area contributed by atoms with E-state index >= 15 is 0 Å². The Balaban J connectivity index is 1.30. The van der Waals surface area contributed by atoms with Crippen molar-refractivity contribution < 1.29 is 4.79 Å². The van der Waals surface area contributed by atoms with Gasteiger partial charge in [-0.1, -0.05) is 24.4 Å². The van der Waals surface area contributed by atoms with Crippen molar-refractivity contribution in [2.75, 3.05) is 44.3 Å². The molecule has 3 heterocycles. The summed E-state index contributed by atoms with van der Waals surface area (Å²) in [5.74, 6) is 1.09. The standard InChI is InChI=1S/C23H30ClN5OS/c1-28-6-8-29(9-7-28)21(30)13-18-14-31-23(26-18)20-11-15-10-16(24)12-19(22(15)27-20)25-17-4-2-3-5-17/h10-12,17-18,25,27H,2-9,13-14H2,1H3. The number of hydrogen-bond acceptors (Lipinski definition) is 5. The average Bonchev–Trinajstić information content (AvgIpc) is 3.49. The maximum absolute atomic E-state index is 12.7. The van der Waals surface area contributed by atoms with E-state index in [1.807, 2.05) is 17.0 Å². The Bertz CT molecular complexity index is 991. The van der Waals surface area contributed by atoms with Crippen LogP contribution < -0.4 is 5.32 Å². The third-order valence-corrected chi connectivity index (χ3v) is 7.99. The summed E-state index contributed by atoms with van der Waals surface area (Å²) >= 11 is 8.14. The van der Waals surface area contributed by atoms with Crippen LogP contribution in [0.1, 0.15) is 37.8 Å². The Morgan fingerprint density at radius 3 is 2.77 bits per heavy atom. The summed E-state index contributed by atoms with van der Waals surface area (Å²) in [5.41, 5.74) is 3.18. The summed E-state index contributed by atoms with van der Waals surface area (Å²) in [6, 6.07) is 6.74. The fourth-order valence-corrected chi connectivity index (χ4v) is 6.04. The summed E-state index contributed by atoms with van der Waals surface area (Å²) in [6.45, 7) is 3.56. The van der Waals surface area contributed by atoms with Crippen LogP contribution in [-0.2, 0) is 4.79 Å². The van der Waals surface area contributed by atoms with Crippen LogP contribution in [0.5, 0.6) is 0 Å². The number of anilines is 1. The van der Waals surface area contributed by atoms with Crippen molar-refractivity contribution in [2.45, 2.75) is 44.2 Å². The Kier molecular flexibility index (Phi) is 6.17. The Morgan fingerprint density at radius 1 is 1.23 bits per heavy atom. The van der Waals surface area contributed by atoms with Gasteiger partial charge in [0.15, 0.2) is 0 Å². The van der Waals surface area contributed by atoms with Gasteiger partial charge in [0, 0.05) is 48.4 Å². The maximum Gasteiger partial charge on any atom is 0.224 e. The molecule has 166 valence electrons. The van der Waals surface area contributed by atoms with E-state index in [0.717, 1.165) is 64.3 Å². The van der Waals surface area contributed by atoms with Crippen molar-refractivity contribution in [1.82, 2.24) is 14.8 Å². The molecule has 1 amide bonds. The fraction of sp³-hybridized carbons (Fsp3) is 0.565. The molecule has 1 saturated carbocycles. The molecule has 2 aromatic rings. The van der Waals surface area contributed by atoms with Crippen LogP contribution in [0.15, 0.2) is 23.2 Å². The van der Waals surface area contributed by atoms with Gasteiger partial charge in [-0.25, -0.2) is 0 Å². The minimum atomic E-state index is 0.0539. The zero-order chi connectivity index (χ0) is 21.4. The lowest BCUT2D eigenvalue weighted by Crippen LogP contribution is -2.47. The first-order valence-electron chi connectivity index (χ1n) is 11.3. The molecule has 2 fully saturated rings. The van der Waals surface area contributed by atoms with Gasteiger partial charge in [-0.15, -0.1) is 11.8 Å². The molecule has 2 N–H and O–H groups in total. The predicted molar refractivity (Wildman–Crippen MR) is 131 cm³/mol. The van der Waals surface area contributed by atoms with Crippen LogP contribution in [0.4, 0.5) is 5.69 Å². The van der Waals surface area contributed by atoms with E-state index in [-0.39, 0.29) is 11.9 Å². The summed E-state index contributed by atoms with van der Waals surface area (Å²) in [5, 5.41) is 6.53. The summed E-state index contributed by atoms with van der Waals surface area (Å²) in [7, 11) is 2.11. The number of aromatic amines is 1. The third-order valence-electron chi connectivity index (χ3n) is 6.62. The Morgan fingerprint density at radius 2 is 2.00 bits per heavy atom. The molecule has 1 aromatic carbocycles. The van der Waals surface area contributed by atoms with Crippen molar-refractivity contribution in [1.29, 1.82) is 0 Å². The first kappa shape index (κ1) is 21.2. The quantitative estimate of drug-likeness (QED) is 0.703. The first-order chi connectivity index (χ1) is 15.0. The second-order valence-corrected chi connectivity index (χ2v) is 10.5. The number of hydrogen-bond donors (Lipinski definition) is 2. The number of fused-ring (bicyclic) bond motifs is 1. The average molecular weight is 460 g/mol. The van der Waals surface area contributed by atoms with Crippen LogP contribution in [0, 0.1) is 0 Å². The van der Waals surface area contributed by atoms with Gasteiger partial charge in [-0.3, -0.25) is 9.79 Å². The number of likely N-dealkylation sites (N-methyl/N-ethyl adjacent to an activating group) is 1. The highest BCUT2D eigenvalue weighted by Crippen LogP contribution is 2.33. The van der Waals surface area contributed by atoms with Crippen LogP contribution in [0.3, 0.4) is 0 Å². The minimum Gasteiger partial charge on any atom is -0.381 e. The number of carbonyl (C=O) groups is 1. The molecule has 0 bridgehead atoms. The van der Waals surface area contributed by atoms with Crippen molar-refractivity contribution in [3.63, 3.8) is 0 Å². The van der Waals surface area contributed by atoms with Gasteiger partial charge in [0.25, 0.3) is 0 Å². The highest BCUT2D eigenvalue weighted by Gasteiger charge is 2.27. The summed E-state index contributed by atoms with van der Waals surface area (Å²) < 4.78 is 0. The van der Waals surface area contributed by atoms with E-state index in [2.05, 4.69) is 28.3 Å². The number of aliphatic imine (C=N–C) groups is 1. The molecule has 1 unspecified atom stereocenters. The maximum atomic E-state index is 12.7. The van der Waals surface area contributed by atoms with E-state index in [9.17, 15) is 4.79 Å². The SMILES string of the molecule is CN1CCN(C(=O)CC2CSC(c3cc4cc(Cl)cc(NC5CCCC5)c4[nH]3)=N2)CC1. The Labute approximate surface area is 192 Å². The van der Waals surface area contributed by atoms with Gasteiger partial charge < -0.3 is 20.1 Å². The van der Waals surface area contributed by atoms with Gasteiger partial charge in [0.05, 0.1) is 29.4 Å². The topological polar surface area (TPSA) is 63.7 Å². The van der Waals surface area contributed by atoms with E-state index in [0.29, 0.717) is 12.5 Å². The predicted octanol–water partition coefficient (Wildman–Crippen LogP) is 4.20. The van der Waals surface area contributed by atoms with E-state index in [4.69, 9.17) is 16.6 Å². The van der Waals surface area contributed by atoms with Gasteiger partial charge in [-0.2, -0.15) is 0 Å². The fourth-order valence-electron chi connectivity index (χ4n) is 4.78. The van der Waals surface area contributed by atoms with Gasteiger partial charge in [-0.05, 0) is 38.1 Å². The van der Waals surface area contributed by atoms with Crippen molar-refractivity contribution in [2.24, 2.45) is 4.99 Å². The molecule has 0 radical (unpaired) electrons. The number of carbonyl (C=O) groups excluding carboxylic acids is 1. The molecule has 1 aromatic heterocycles. The van der Waals surface area contributed by atoms with E-state index in [1.165, 1.54) is 25.7 Å². The molecule has 5 rings (SSSR count). The lowest BCUT2D eigenvalue weighted by atomic mass is 10.2. The van der Waals surface area contributed by atoms with Gasteiger partial charge in [0.1, 0.15) is 5.04 Å². The minimum absolute atomic E-state index is 0.0539. The van der Waals surface area contributed by atoms with Crippen LogP contribution in [0.2, 0.25) is 5.02 Å². The lowest BCUT2D eigenvalue weighted by Gasteiger charge is -2.32. The van der Waals surface area contributed by atoms with Crippen molar-refractivity contribution in [3.05, 3.63) is 28.9 Å². The monoisotopic (exact) mass is 459 g/mol. The number of nitrogens with zero attached hydrogens (tertiary/aromatic N) is 3. The molecule has 0 spiro atoms. The summed E-state index contributed by atoms with van der Waals surface area (Å²) in [6.07, 6.45) is 5.51. The zero-order valence-electron chi connectivity index (χ0n) is 18.0. The number of amides is 1. The number of thioether (sulfide) groups is 1. The molecule has 1 saturated heterocycles. The smallest absolute Gasteiger partial charge is 0.224 e. The van der Waals surface area contributed by atoms with E-state index < -0.39 is 0 Å². The third kappa shape index (κ3) is 4.73. The highest BCUT2D eigenvalue weighted by molar-refractivity contribution is 8.14. The Hall–Kier alpha value is -1.70. The number of piperazine rings is 1. The highest BCUT2D eigenvalue weighted by atomic mass is 35.5. The second-order valence-electron chi connectivity index (χ2n) is 9.01. The van der Waals surface area contributed by atoms with Gasteiger partial charge in [0.2, 0.25) is 5.91 Å². The van der Waals surface area contributed by atoms with Gasteiger partial charge >= 0.3 is 0 Å². The molecule has 2 aliphatic heterocycles. The first-order valence-corrected chi connectivity index (χ1v) is 12.7. The lowest BCUT2D eigenvalue weighted by molar-refractivity contribution is -0.132. The normalized spacial score (nSPS) is 23.0.